The molecule has 0 aromatic carbocycles. The molecule has 2 fully saturated rings. The number of ether oxygens (including phenoxy) is 1. The van der Waals surface area contributed by atoms with Crippen LogP contribution in [-0.2, 0) is 4.74 Å². The molecular weight excluding hydrogens is 164 g/mol. The van der Waals surface area contributed by atoms with Crippen LogP contribution < -0.4 is 0 Å². The van der Waals surface area contributed by atoms with Crippen molar-refractivity contribution in [3.8, 4) is 0 Å². The average molecular weight is 184 g/mol. The van der Waals surface area contributed by atoms with Gasteiger partial charge in [0.25, 0.3) is 0 Å². The van der Waals surface area contributed by atoms with Crippen LogP contribution in [0.1, 0.15) is 32.1 Å². The summed E-state index contributed by atoms with van der Waals surface area (Å²) >= 11 is 0. The molecule has 2 heteroatoms. The van der Waals surface area contributed by atoms with Gasteiger partial charge < -0.3 is 4.74 Å². The standard InChI is InChI=1S/C10H20OSi/c1-12(2,3)10-8-6-4-5-7-9(10)11-10/h9H,4-8H2,1-3H3. The zero-order chi connectivity index (χ0) is 8.82. The maximum atomic E-state index is 5.97. The summed E-state index contributed by atoms with van der Waals surface area (Å²) in [5, 5.41) is 0.406. The summed E-state index contributed by atoms with van der Waals surface area (Å²) in [5.74, 6) is 0. The van der Waals surface area contributed by atoms with Gasteiger partial charge in [-0.3, -0.25) is 0 Å². The van der Waals surface area contributed by atoms with Crippen LogP contribution in [0.25, 0.3) is 0 Å². The van der Waals surface area contributed by atoms with Crippen molar-refractivity contribution >= 4 is 8.07 Å². The molecule has 1 aliphatic carbocycles. The van der Waals surface area contributed by atoms with Gasteiger partial charge in [0.05, 0.1) is 19.4 Å². The van der Waals surface area contributed by atoms with E-state index < -0.39 is 8.07 Å². The Balaban J connectivity index is 2.12. The molecule has 1 saturated heterocycles. The summed E-state index contributed by atoms with van der Waals surface area (Å²) in [6.07, 6.45) is 7.59. The van der Waals surface area contributed by atoms with E-state index in [1.165, 1.54) is 32.1 Å². The lowest BCUT2D eigenvalue weighted by Gasteiger charge is -2.25. The van der Waals surface area contributed by atoms with Crippen LogP contribution in [-0.4, -0.2) is 19.4 Å². The first-order chi connectivity index (χ1) is 5.56. The fraction of sp³-hybridized carbons (Fsp3) is 1.00. The molecule has 0 N–H and O–H groups in total. The highest BCUT2D eigenvalue weighted by molar-refractivity contribution is 6.79. The fourth-order valence-corrected chi connectivity index (χ4v) is 5.19. The SMILES string of the molecule is C[Si](C)(C)C12CCCCCC1O2. The summed E-state index contributed by atoms with van der Waals surface area (Å²) < 4.78 is 5.97. The van der Waals surface area contributed by atoms with Crippen molar-refractivity contribution in [2.24, 2.45) is 0 Å². The molecule has 1 nitrogen and oxygen atoms in total. The lowest BCUT2D eigenvalue weighted by atomic mass is 10.2. The average Bonchev–Trinajstić information content (AvgIpc) is 2.55. The summed E-state index contributed by atoms with van der Waals surface area (Å²) in [6, 6.07) is 0. The number of rotatable bonds is 1. The van der Waals surface area contributed by atoms with E-state index in [0.717, 1.165) is 0 Å². The Labute approximate surface area is 76.5 Å². The second-order valence-corrected chi connectivity index (χ2v) is 10.7. The maximum Gasteiger partial charge on any atom is 0.0858 e. The quantitative estimate of drug-likeness (QED) is 0.451. The predicted octanol–water partition coefficient (Wildman–Crippen LogP) is 2.97. The topological polar surface area (TPSA) is 12.5 Å². The predicted molar refractivity (Wildman–Crippen MR) is 54.0 cm³/mol. The van der Waals surface area contributed by atoms with E-state index in [2.05, 4.69) is 19.6 Å². The van der Waals surface area contributed by atoms with E-state index in [1.807, 2.05) is 0 Å². The van der Waals surface area contributed by atoms with E-state index in [-0.39, 0.29) is 0 Å². The van der Waals surface area contributed by atoms with Crippen molar-refractivity contribution in [2.75, 3.05) is 0 Å². The van der Waals surface area contributed by atoms with Gasteiger partial charge in [0.15, 0.2) is 0 Å². The van der Waals surface area contributed by atoms with Gasteiger partial charge >= 0.3 is 0 Å². The van der Waals surface area contributed by atoms with E-state index in [1.54, 1.807) is 0 Å². The van der Waals surface area contributed by atoms with Gasteiger partial charge in [-0.05, 0) is 12.8 Å². The van der Waals surface area contributed by atoms with Crippen molar-refractivity contribution in [1.29, 1.82) is 0 Å². The van der Waals surface area contributed by atoms with E-state index in [4.69, 9.17) is 4.74 Å². The van der Waals surface area contributed by atoms with Crippen molar-refractivity contribution in [3.05, 3.63) is 0 Å². The molecule has 2 rings (SSSR count). The molecule has 12 heavy (non-hydrogen) atoms. The van der Waals surface area contributed by atoms with Crippen molar-refractivity contribution in [1.82, 2.24) is 0 Å². The maximum absolute atomic E-state index is 5.97. The summed E-state index contributed by atoms with van der Waals surface area (Å²) in [4.78, 5) is 0. The summed E-state index contributed by atoms with van der Waals surface area (Å²) in [5.41, 5.74) is 0. The third kappa shape index (κ3) is 1.16. The van der Waals surface area contributed by atoms with Crippen molar-refractivity contribution in [3.63, 3.8) is 0 Å². The van der Waals surface area contributed by atoms with Crippen LogP contribution in [0.4, 0.5) is 0 Å². The van der Waals surface area contributed by atoms with Gasteiger partial charge in [-0.15, -0.1) is 0 Å². The number of epoxide rings is 1. The van der Waals surface area contributed by atoms with Gasteiger partial charge in [-0.1, -0.05) is 38.9 Å². The van der Waals surface area contributed by atoms with E-state index in [0.29, 0.717) is 11.3 Å². The van der Waals surface area contributed by atoms with Crippen LogP contribution in [0.15, 0.2) is 0 Å². The molecule has 1 saturated carbocycles. The Hall–Kier alpha value is 0.177. The molecule has 0 amide bonds. The molecule has 2 aliphatic rings. The third-order valence-corrected chi connectivity index (χ3v) is 6.83. The zero-order valence-corrected chi connectivity index (χ0v) is 9.52. The Morgan fingerprint density at radius 1 is 1.17 bits per heavy atom. The van der Waals surface area contributed by atoms with Gasteiger partial charge in [0, 0.05) is 0 Å². The monoisotopic (exact) mass is 184 g/mol. The molecule has 2 unspecified atom stereocenters. The number of hydrogen-bond acceptors (Lipinski definition) is 1. The lowest BCUT2D eigenvalue weighted by Crippen LogP contribution is -2.43. The highest BCUT2D eigenvalue weighted by Crippen LogP contribution is 2.51. The van der Waals surface area contributed by atoms with Gasteiger partial charge in [-0.2, -0.15) is 0 Å². The first-order valence-corrected chi connectivity index (χ1v) is 8.74. The smallest absolute Gasteiger partial charge is 0.0858 e. The highest BCUT2D eigenvalue weighted by Gasteiger charge is 2.63. The molecule has 0 aromatic heterocycles. The second kappa shape index (κ2) is 2.58. The minimum absolute atomic E-state index is 0.406. The van der Waals surface area contributed by atoms with Crippen molar-refractivity contribution < 1.29 is 4.74 Å². The molecule has 0 radical (unpaired) electrons. The van der Waals surface area contributed by atoms with Gasteiger partial charge in [-0.25, -0.2) is 0 Å². The summed E-state index contributed by atoms with van der Waals surface area (Å²) in [6.45, 7) is 7.37. The normalized spacial score (nSPS) is 41.8. The Kier molecular flexibility index (Phi) is 1.88. The van der Waals surface area contributed by atoms with Crippen LogP contribution in [0, 0.1) is 0 Å². The molecule has 0 bridgehead atoms. The molecule has 0 spiro atoms. The summed E-state index contributed by atoms with van der Waals surface area (Å²) in [7, 11) is -1.06. The third-order valence-electron chi connectivity index (χ3n) is 3.60. The Bertz CT molecular complexity index is 185. The van der Waals surface area contributed by atoms with Gasteiger partial charge in [0.2, 0.25) is 0 Å². The first kappa shape index (κ1) is 8.76. The van der Waals surface area contributed by atoms with Crippen LogP contribution in [0.5, 0.6) is 0 Å². The van der Waals surface area contributed by atoms with Crippen LogP contribution in [0.3, 0.4) is 0 Å². The second-order valence-electron chi connectivity index (χ2n) is 5.35. The number of hydrogen-bond donors (Lipinski definition) is 0. The largest absolute Gasteiger partial charge is 0.370 e. The fourth-order valence-electron chi connectivity index (χ4n) is 2.66. The molecule has 2 atom stereocenters. The molecule has 1 aliphatic heterocycles. The molecular formula is C10H20OSi. The zero-order valence-electron chi connectivity index (χ0n) is 8.52. The molecule has 0 aromatic rings. The minimum atomic E-state index is -1.06. The van der Waals surface area contributed by atoms with E-state index >= 15 is 0 Å². The Morgan fingerprint density at radius 2 is 1.92 bits per heavy atom. The number of fused-ring (bicyclic) bond motifs is 1. The van der Waals surface area contributed by atoms with E-state index in [9.17, 15) is 0 Å². The minimum Gasteiger partial charge on any atom is -0.370 e. The van der Waals surface area contributed by atoms with Crippen molar-refractivity contribution in [2.45, 2.75) is 63.1 Å². The van der Waals surface area contributed by atoms with Crippen LogP contribution >= 0.6 is 0 Å². The molecule has 70 valence electrons. The molecule has 1 heterocycles. The van der Waals surface area contributed by atoms with Crippen LogP contribution in [0.2, 0.25) is 19.6 Å². The highest BCUT2D eigenvalue weighted by atomic mass is 28.3. The Morgan fingerprint density at radius 3 is 2.58 bits per heavy atom. The van der Waals surface area contributed by atoms with Gasteiger partial charge in [0.1, 0.15) is 0 Å². The first-order valence-electron chi connectivity index (χ1n) is 5.24. The lowest BCUT2D eigenvalue weighted by molar-refractivity contribution is 0.309.